The van der Waals surface area contributed by atoms with Gasteiger partial charge < -0.3 is 10.6 Å². The van der Waals surface area contributed by atoms with Crippen molar-refractivity contribution < 1.29 is 9.59 Å². The lowest BCUT2D eigenvalue weighted by atomic mass is 9.94. The van der Waals surface area contributed by atoms with Gasteiger partial charge in [-0.25, -0.2) is 0 Å². The van der Waals surface area contributed by atoms with Crippen molar-refractivity contribution in [2.45, 2.75) is 38.5 Å². The molecule has 2 atom stereocenters. The van der Waals surface area contributed by atoms with Crippen LogP contribution in [0.15, 0.2) is 24.3 Å². The van der Waals surface area contributed by atoms with Crippen LogP contribution in [-0.4, -0.2) is 24.9 Å². The Labute approximate surface area is 120 Å². The van der Waals surface area contributed by atoms with E-state index >= 15 is 0 Å². The summed E-state index contributed by atoms with van der Waals surface area (Å²) < 4.78 is 0. The third-order valence-electron chi connectivity index (χ3n) is 4.06. The molecule has 2 amide bonds. The SMILES string of the molecule is O=C(NC[C@@H]1CC=CCC1)C(=O)NC[C@H]1CC=CCC1. The number of amides is 2. The van der Waals surface area contributed by atoms with Crippen LogP contribution in [0.5, 0.6) is 0 Å². The van der Waals surface area contributed by atoms with E-state index in [0.29, 0.717) is 24.9 Å². The lowest BCUT2D eigenvalue weighted by Gasteiger charge is -2.19. The molecule has 2 aliphatic carbocycles. The number of rotatable bonds is 4. The van der Waals surface area contributed by atoms with Crippen molar-refractivity contribution in [2.24, 2.45) is 11.8 Å². The van der Waals surface area contributed by atoms with Crippen LogP contribution in [0, 0.1) is 11.8 Å². The van der Waals surface area contributed by atoms with Gasteiger partial charge in [0, 0.05) is 13.1 Å². The van der Waals surface area contributed by atoms with Crippen LogP contribution in [0.4, 0.5) is 0 Å². The largest absolute Gasteiger partial charge is 0.348 e. The van der Waals surface area contributed by atoms with Crippen molar-refractivity contribution in [3.63, 3.8) is 0 Å². The maximum absolute atomic E-state index is 11.7. The van der Waals surface area contributed by atoms with E-state index in [-0.39, 0.29) is 0 Å². The highest BCUT2D eigenvalue weighted by Gasteiger charge is 2.18. The fourth-order valence-corrected chi connectivity index (χ4v) is 2.72. The molecule has 0 aliphatic heterocycles. The summed E-state index contributed by atoms with van der Waals surface area (Å²) in [6.07, 6.45) is 15.0. The maximum Gasteiger partial charge on any atom is 0.309 e. The molecule has 20 heavy (non-hydrogen) atoms. The van der Waals surface area contributed by atoms with Crippen molar-refractivity contribution in [1.82, 2.24) is 10.6 Å². The summed E-state index contributed by atoms with van der Waals surface area (Å²) in [5, 5.41) is 5.48. The lowest BCUT2D eigenvalue weighted by Crippen LogP contribution is -2.43. The Morgan fingerprint density at radius 1 is 0.800 bits per heavy atom. The van der Waals surface area contributed by atoms with Crippen LogP contribution in [0.2, 0.25) is 0 Å². The first-order chi connectivity index (χ1) is 9.75. The summed E-state index contributed by atoms with van der Waals surface area (Å²) in [6.45, 7) is 1.20. The van der Waals surface area contributed by atoms with E-state index in [1.165, 1.54) is 0 Å². The highest BCUT2D eigenvalue weighted by atomic mass is 16.2. The second-order valence-corrected chi connectivity index (χ2v) is 5.72. The number of carbonyl (C=O) groups is 2. The lowest BCUT2D eigenvalue weighted by molar-refractivity contribution is -0.139. The summed E-state index contributed by atoms with van der Waals surface area (Å²) in [5.74, 6) is -0.0442. The molecule has 4 nitrogen and oxygen atoms in total. The summed E-state index contributed by atoms with van der Waals surface area (Å²) in [4.78, 5) is 23.4. The summed E-state index contributed by atoms with van der Waals surface area (Å²) in [7, 11) is 0. The van der Waals surface area contributed by atoms with Gasteiger partial charge in [-0.3, -0.25) is 9.59 Å². The average molecular weight is 276 g/mol. The fraction of sp³-hybridized carbons (Fsp3) is 0.625. The van der Waals surface area contributed by atoms with Gasteiger partial charge in [-0.1, -0.05) is 24.3 Å². The Kier molecular flexibility index (Phi) is 5.84. The Bertz CT molecular complexity index is 363. The van der Waals surface area contributed by atoms with Gasteiger partial charge >= 0.3 is 11.8 Å². The third kappa shape index (κ3) is 4.83. The van der Waals surface area contributed by atoms with Crippen LogP contribution in [0.3, 0.4) is 0 Å². The van der Waals surface area contributed by atoms with Crippen LogP contribution >= 0.6 is 0 Å². The molecule has 0 aromatic rings. The van der Waals surface area contributed by atoms with E-state index in [4.69, 9.17) is 0 Å². The minimum Gasteiger partial charge on any atom is -0.348 e. The normalized spacial score (nSPS) is 25.2. The Balaban J connectivity index is 1.62. The zero-order valence-corrected chi connectivity index (χ0v) is 11.9. The topological polar surface area (TPSA) is 58.2 Å². The standard InChI is InChI=1S/C16H24N2O2/c19-15(17-11-13-7-3-1-4-8-13)16(20)18-12-14-9-5-2-6-10-14/h1-3,5,13-14H,4,6-12H2,(H,17,19)(H,18,20)/t13-,14+. The highest BCUT2D eigenvalue weighted by Crippen LogP contribution is 2.17. The van der Waals surface area contributed by atoms with Crippen molar-refractivity contribution >= 4 is 11.8 Å². The molecule has 2 aliphatic rings. The first-order valence-electron chi connectivity index (χ1n) is 7.61. The molecule has 0 aromatic carbocycles. The molecule has 0 bridgehead atoms. The number of carbonyl (C=O) groups excluding carboxylic acids is 2. The van der Waals surface area contributed by atoms with E-state index < -0.39 is 11.8 Å². The van der Waals surface area contributed by atoms with E-state index in [1.807, 2.05) is 0 Å². The van der Waals surface area contributed by atoms with Gasteiger partial charge in [0.25, 0.3) is 0 Å². The second kappa shape index (κ2) is 7.88. The second-order valence-electron chi connectivity index (χ2n) is 5.72. The fourth-order valence-electron chi connectivity index (χ4n) is 2.72. The molecule has 0 spiro atoms. The molecule has 0 aromatic heterocycles. The molecular formula is C16H24N2O2. The van der Waals surface area contributed by atoms with Crippen molar-refractivity contribution in [3.05, 3.63) is 24.3 Å². The average Bonchev–Trinajstić information content (AvgIpc) is 2.52. The van der Waals surface area contributed by atoms with Crippen LogP contribution in [0.25, 0.3) is 0 Å². The smallest absolute Gasteiger partial charge is 0.309 e. The molecule has 0 saturated carbocycles. The molecule has 0 unspecified atom stereocenters. The van der Waals surface area contributed by atoms with Crippen LogP contribution in [-0.2, 0) is 9.59 Å². The van der Waals surface area contributed by atoms with Gasteiger partial charge in [-0.05, 0) is 50.4 Å². The monoisotopic (exact) mass is 276 g/mol. The van der Waals surface area contributed by atoms with E-state index in [9.17, 15) is 9.59 Å². The summed E-state index contributed by atoms with van der Waals surface area (Å²) in [6, 6.07) is 0. The molecule has 0 radical (unpaired) electrons. The Hall–Kier alpha value is -1.58. The number of nitrogens with one attached hydrogen (secondary N) is 2. The molecule has 2 rings (SSSR count). The molecule has 110 valence electrons. The van der Waals surface area contributed by atoms with Gasteiger partial charge in [-0.15, -0.1) is 0 Å². The number of hydrogen-bond acceptors (Lipinski definition) is 2. The zero-order chi connectivity index (χ0) is 14.2. The van der Waals surface area contributed by atoms with Crippen LogP contribution in [0.1, 0.15) is 38.5 Å². The first kappa shape index (κ1) is 14.8. The first-order valence-corrected chi connectivity index (χ1v) is 7.61. The van der Waals surface area contributed by atoms with Gasteiger partial charge in [0.2, 0.25) is 0 Å². The van der Waals surface area contributed by atoms with Crippen molar-refractivity contribution in [2.75, 3.05) is 13.1 Å². The Morgan fingerprint density at radius 3 is 1.60 bits per heavy atom. The van der Waals surface area contributed by atoms with Crippen molar-refractivity contribution in [3.8, 4) is 0 Å². The quantitative estimate of drug-likeness (QED) is 0.609. The van der Waals surface area contributed by atoms with Gasteiger partial charge in [0.1, 0.15) is 0 Å². The molecule has 2 N–H and O–H groups in total. The van der Waals surface area contributed by atoms with E-state index in [0.717, 1.165) is 38.5 Å². The molecule has 0 saturated heterocycles. The van der Waals surface area contributed by atoms with Crippen molar-refractivity contribution in [1.29, 1.82) is 0 Å². The number of allylic oxidation sites excluding steroid dienone is 4. The molecule has 4 heteroatoms. The van der Waals surface area contributed by atoms with Gasteiger partial charge in [0.15, 0.2) is 0 Å². The highest BCUT2D eigenvalue weighted by molar-refractivity contribution is 6.35. The minimum absolute atomic E-state index is 0.472. The maximum atomic E-state index is 11.7. The summed E-state index contributed by atoms with van der Waals surface area (Å²) in [5.41, 5.74) is 0. The van der Waals surface area contributed by atoms with Crippen LogP contribution < -0.4 is 10.6 Å². The minimum atomic E-state index is -0.495. The predicted molar refractivity (Wildman–Crippen MR) is 79.0 cm³/mol. The molecule has 0 heterocycles. The molecular weight excluding hydrogens is 252 g/mol. The summed E-state index contributed by atoms with van der Waals surface area (Å²) >= 11 is 0. The predicted octanol–water partition coefficient (Wildman–Crippen LogP) is 1.93. The number of hydrogen-bond donors (Lipinski definition) is 2. The molecule has 0 fully saturated rings. The van der Waals surface area contributed by atoms with Gasteiger partial charge in [-0.2, -0.15) is 0 Å². The zero-order valence-electron chi connectivity index (χ0n) is 11.9. The van der Waals surface area contributed by atoms with Gasteiger partial charge in [0.05, 0.1) is 0 Å². The van der Waals surface area contributed by atoms with E-state index in [1.54, 1.807) is 0 Å². The van der Waals surface area contributed by atoms with E-state index in [2.05, 4.69) is 34.9 Å². The third-order valence-corrected chi connectivity index (χ3v) is 4.06. The Morgan fingerprint density at radius 2 is 1.25 bits per heavy atom.